The van der Waals surface area contributed by atoms with Crippen molar-refractivity contribution >= 4 is 5.91 Å². The smallest absolute Gasteiger partial charge is 0.234 e. The van der Waals surface area contributed by atoms with Gasteiger partial charge in [-0.25, -0.2) is 0 Å². The first-order valence-electron chi connectivity index (χ1n) is 7.77. The molecule has 122 valence electrons. The van der Waals surface area contributed by atoms with E-state index < -0.39 is 0 Å². The number of carbonyl (C=O) groups excluding carboxylic acids is 1. The van der Waals surface area contributed by atoms with Crippen LogP contribution >= 0.6 is 0 Å². The zero-order valence-electron chi connectivity index (χ0n) is 13.7. The van der Waals surface area contributed by atoms with Crippen LogP contribution in [0.5, 0.6) is 5.75 Å². The molecule has 2 rings (SSSR count). The molecule has 5 nitrogen and oxygen atoms in total. The number of amides is 1. The lowest BCUT2D eigenvalue weighted by Crippen LogP contribution is -2.43. The molecule has 0 aliphatic heterocycles. The third-order valence-electron chi connectivity index (χ3n) is 3.78. The highest BCUT2D eigenvalue weighted by atomic mass is 16.5. The molecule has 1 unspecified atom stereocenters. The molecule has 1 fully saturated rings. The van der Waals surface area contributed by atoms with E-state index in [0.717, 1.165) is 12.3 Å². The quantitative estimate of drug-likeness (QED) is 0.756. The van der Waals surface area contributed by atoms with Crippen molar-refractivity contribution in [3.8, 4) is 5.75 Å². The van der Waals surface area contributed by atoms with Gasteiger partial charge >= 0.3 is 0 Å². The van der Waals surface area contributed by atoms with Gasteiger partial charge in [0.05, 0.1) is 20.3 Å². The number of methoxy groups -OCH3 is 2. The summed E-state index contributed by atoms with van der Waals surface area (Å²) in [4.78, 5) is 14.4. The third-order valence-corrected chi connectivity index (χ3v) is 3.78. The molecule has 0 saturated heterocycles. The van der Waals surface area contributed by atoms with Gasteiger partial charge in [-0.2, -0.15) is 0 Å². The molecule has 1 atom stereocenters. The van der Waals surface area contributed by atoms with E-state index in [-0.39, 0.29) is 11.9 Å². The average Bonchev–Trinajstić information content (AvgIpc) is 3.32. The van der Waals surface area contributed by atoms with Crippen molar-refractivity contribution in [1.29, 1.82) is 0 Å². The first-order valence-corrected chi connectivity index (χ1v) is 7.77. The van der Waals surface area contributed by atoms with Gasteiger partial charge in [0.1, 0.15) is 5.75 Å². The van der Waals surface area contributed by atoms with Crippen LogP contribution in [0.25, 0.3) is 0 Å². The zero-order chi connectivity index (χ0) is 15.9. The Balaban J connectivity index is 1.88. The molecule has 1 aromatic rings. The SMILES string of the molecule is COCC(C)NC(=O)CN(Cc1ccc(OC)cc1)C1CC1. The summed E-state index contributed by atoms with van der Waals surface area (Å²) in [7, 11) is 3.31. The first kappa shape index (κ1) is 16.8. The van der Waals surface area contributed by atoms with E-state index in [0.29, 0.717) is 19.2 Å². The molecule has 0 aromatic heterocycles. The van der Waals surface area contributed by atoms with Gasteiger partial charge in [0.15, 0.2) is 0 Å². The van der Waals surface area contributed by atoms with Crippen LogP contribution in [0.4, 0.5) is 0 Å². The molecule has 1 amide bonds. The lowest BCUT2D eigenvalue weighted by molar-refractivity contribution is -0.123. The van der Waals surface area contributed by atoms with Gasteiger partial charge in [-0.1, -0.05) is 12.1 Å². The summed E-state index contributed by atoms with van der Waals surface area (Å²) >= 11 is 0. The molecule has 5 heteroatoms. The standard InChI is InChI=1S/C17H26N2O3/c1-13(12-21-2)18-17(20)11-19(15-6-7-15)10-14-4-8-16(22-3)9-5-14/h4-5,8-9,13,15H,6-7,10-12H2,1-3H3,(H,18,20). The number of nitrogens with one attached hydrogen (secondary N) is 1. The van der Waals surface area contributed by atoms with E-state index in [4.69, 9.17) is 9.47 Å². The Hall–Kier alpha value is -1.59. The third kappa shape index (κ3) is 5.31. The van der Waals surface area contributed by atoms with E-state index >= 15 is 0 Å². The molecule has 1 N–H and O–H groups in total. The van der Waals surface area contributed by atoms with E-state index in [1.54, 1.807) is 14.2 Å². The van der Waals surface area contributed by atoms with Crippen molar-refractivity contribution in [1.82, 2.24) is 10.2 Å². The van der Waals surface area contributed by atoms with E-state index in [1.165, 1.54) is 18.4 Å². The maximum atomic E-state index is 12.1. The van der Waals surface area contributed by atoms with E-state index in [9.17, 15) is 4.79 Å². The number of hydrogen-bond donors (Lipinski definition) is 1. The fourth-order valence-electron chi connectivity index (χ4n) is 2.52. The summed E-state index contributed by atoms with van der Waals surface area (Å²) in [5, 5.41) is 2.97. The molecule has 0 bridgehead atoms. The summed E-state index contributed by atoms with van der Waals surface area (Å²) in [6, 6.07) is 8.60. The van der Waals surface area contributed by atoms with Crippen molar-refractivity contribution in [3.63, 3.8) is 0 Å². The first-order chi connectivity index (χ1) is 10.6. The minimum absolute atomic E-state index is 0.0412. The minimum atomic E-state index is 0.0412. The van der Waals surface area contributed by atoms with Crippen molar-refractivity contribution in [2.45, 2.75) is 38.4 Å². The van der Waals surface area contributed by atoms with Gasteiger partial charge in [-0.15, -0.1) is 0 Å². The fourth-order valence-corrected chi connectivity index (χ4v) is 2.52. The molecule has 22 heavy (non-hydrogen) atoms. The van der Waals surface area contributed by atoms with Gasteiger partial charge < -0.3 is 14.8 Å². The number of nitrogens with zero attached hydrogens (tertiary/aromatic N) is 1. The van der Waals surface area contributed by atoms with Crippen LogP contribution in [0.15, 0.2) is 24.3 Å². The van der Waals surface area contributed by atoms with Crippen molar-refractivity contribution in [2.75, 3.05) is 27.4 Å². The molecular formula is C17H26N2O3. The predicted octanol–water partition coefficient (Wildman–Crippen LogP) is 1.81. The average molecular weight is 306 g/mol. The van der Waals surface area contributed by atoms with E-state index in [2.05, 4.69) is 22.3 Å². The normalized spacial score (nSPS) is 15.6. The van der Waals surface area contributed by atoms with Gasteiger partial charge in [-0.05, 0) is 37.5 Å². The van der Waals surface area contributed by atoms with Crippen LogP contribution < -0.4 is 10.1 Å². The summed E-state index contributed by atoms with van der Waals surface area (Å²) < 4.78 is 10.2. The lowest BCUT2D eigenvalue weighted by Gasteiger charge is -2.23. The molecule has 0 radical (unpaired) electrons. The van der Waals surface area contributed by atoms with Gasteiger partial charge in [0.2, 0.25) is 5.91 Å². The number of hydrogen-bond acceptors (Lipinski definition) is 4. The Bertz CT molecular complexity index is 471. The second kappa shape index (κ2) is 8.15. The summed E-state index contributed by atoms with van der Waals surface area (Å²) in [6.45, 7) is 3.71. The summed E-state index contributed by atoms with van der Waals surface area (Å²) in [5.74, 6) is 0.915. The van der Waals surface area contributed by atoms with Crippen LogP contribution in [-0.4, -0.2) is 50.3 Å². The number of ether oxygens (including phenoxy) is 2. The van der Waals surface area contributed by atoms with Gasteiger partial charge in [0.25, 0.3) is 0 Å². The molecule has 1 aliphatic carbocycles. The number of carbonyl (C=O) groups is 1. The molecule has 1 aromatic carbocycles. The minimum Gasteiger partial charge on any atom is -0.497 e. The van der Waals surface area contributed by atoms with Crippen LogP contribution in [0, 0.1) is 0 Å². The highest BCUT2D eigenvalue weighted by Gasteiger charge is 2.30. The molecular weight excluding hydrogens is 280 g/mol. The number of benzene rings is 1. The highest BCUT2D eigenvalue weighted by molar-refractivity contribution is 5.78. The van der Waals surface area contributed by atoms with Gasteiger partial charge in [0, 0.05) is 25.7 Å². The van der Waals surface area contributed by atoms with Crippen LogP contribution in [-0.2, 0) is 16.1 Å². The Morgan fingerprint density at radius 1 is 1.32 bits per heavy atom. The highest BCUT2D eigenvalue weighted by Crippen LogP contribution is 2.28. The second-order valence-electron chi connectivity index (χ2n) is 5.91. The second-order valence-corrected chi connectivity index (χ2v) is 5.91. The topological polar surface area (TPSA) is 50.8 Å². The molecule has 1 aliphatic rings. The monoisotopic (exact) mass is 306 g/mol. The molecule has 0 spiro atoms. The summed E-state index contributed by atoms with van der Waals surface area (Å²) in [6.07, 6.45) is 2.36. The molecule has 1 saturated carbocycles. The maximum absolute atomic E-state index is 12.1. The number of rotatable bonds is 9. The predicted molar refractivity (Wildman–Crippen MR) is 85.9 cm³/mol. The lowest BCUT2D eigenvalue weighted by atomic mass is 10.2. The Kier molecular flexibility index (Phi) is 6.21. The Morgan fingerprint density at radius 3 is 2.55 bits per heavy atom. The Labute approximate surface area is 132 Å². The van der Waals surface area contributed by atoms with Crippen LogP contribution in [0.2, 0.25) is 0 Å². The van der Waals surface area contributed by atoms with Crippen LogP contribution in [0.3, 0.4) is 0 Å². The van der Waals surface area contributed by atoms with Gasteiger partial charge in [-0.3, -0.25) is 9.69 Å². The van der Waals surface area contributed by atoms with Crippen molar-refractivity contribution < 1.29 is 14.3 Å². The summed E-state index contributed by atoms with van der Waals surface area (Å²) in [5.41, 5.74) is 1.20. The zero-order valence-corrected chi connectivity index (χ0v) is 13.7. The largest absolute Gasteiger partial charge is 0.497 e. The maximum Gasteiger partial charge on any atom is 0.234 e. The van der Waals surface area contributed by atoms with Crippen molar-refractivity contribution in [3.05, 3.63) is 29.8 Å². The Morgan fingerprint density at radius 2 is 2.00 bits per heavy atom. The molecule has 0 heterocycles. The van der Waals surface area contributed by atoms with Crippen LogP contribution in [0.1, 0.15) is 25.3 Å². The van der Waals surface area contributed by atoms with Crippen molar-refractivity contribution in [2.24, 2.45) is 0 Å². The van der Waals surface area contributed by atoms with E-state index in [1.807, 2.05) is 19.1 Å². The fraction of sp³-hybridized carbons (Fsp3) is 0.588.